The van der Waals surface area contributed by atoms with Crippen LogP contribution in [0, 0.1) is 10.1 Å². The van der Waals surface area contributed by atoms with E-state index in [4.69, 9.17) is 4.42 Å². The van der Waals surface area contributed by atoms with Gasteiger partial charge in [0, 0.05) is 12.1 Å². The van der Waals surface area contributed by atoms with Crippen molar-refractivity contribution in [3.05, 3.63) is 98.2 Å². The van der Waals surface area contributed by atoms with E-state index >= 15 is 0 Å². The third kappa shape index (κ3) is 2.86. The van der Waals surface area contributed by atoms with Crippen molar-refractivity contribution in [3.63, 3.8) is 0 Å². The second-order valence-corrected chi connectivity index (χ2v) is 5.86. The van der Waals surface area contributed by atoms with E-state index in [1.807, 2.05) is 36.4 Å². The van der Waals surface area contributed by atoms with Gasteiger partial charge in [-0.15, -0.1) is 0 Å². The highest BCUT2D eigenvalue weighted by Crippen LogP contribution is 2.21. The molecule has 0 saturated heterocycles. The number of hydrogen-bond acceptors (Lipinski definition) is 4. The van der Waals surface area contributed by atoms with Crippen LogP contribution >= 0.6 is 0 Å². The molecule has 0 N–H and O–H groups in total. The molecule has 0 saturated carbocycles. The van der Waals surface area contributed by atoms with Crippen LogP contribution < -0.4 is 5.43 Å². The number of para-hydroxylation sites is 1. The molecule has 0 unspecified atom stereocenters. The lowest BCUT2D eigenvalue weighted by Crippen LogP contribution is -2.01. The zero-order chi connectivity index (χ0) is 18.1. The van der Waals surface area contributed by atoms with Gasteiger partial charge in [0.15, 0.2) is 0 Å². The predicted octanol–water partition coefficient (Wildman–Crippen LogP) is 5.02. The fourth-order valence-corrected chi connectivity index (χ4v) is 2.82. The summed E-state index contributed by atoms with van der Waals surface area (Å²) in [7, 11) is 0. The summed E-state index contributed by atoms with van der Waals surface area (Å²) < 4.78 is 5.85. The Labute approximate surface area is 148 Å². The third-order valence-electron chi connectivity index (χ3n) is 4.17. The van der Waals surface area contributed by atoms with Gasteiger partial charge < -0.3 is 4.42 Å². The van der Waals surface area contributed by atoms with Gasteiger partial charge in [-0.1, -0.05) is 30.4 Å². The van der Waals surface area contributed by atoms with Gasteiger partial charge in [0.1, 0.15) is 11.2 Å². The summed E-state index contributed by atoms with van der Waals surface area (Å²) in [6.45, 7) is 0. The minimum absolute atomic E-state index is 0.0484. The molecule has 126 valence electrons. The highest BCUT2D eigenvalue weighted by Gasteiger charge is 2.07. The van der Waals surface area contributed by atoms with Crippen LogP contribution in [0.1, 0.15) is 11.1 Å². The van der Waals surface area contributed by atoms with E-state index in [0.29, 0.717) is 21.9 Å². The monoisotopic (exact) mass is 343 g/mol. The van der Waals surface area contributed by atoms with Gasteiger partial charge in [0.2, 0.25) is 5.43 Å². The van der Waals surface area contributed by atoms with Gasteiger partial charge in [0.05, 0.1) is 15.7 Å². The van der Waals surface area contributed by atoms with Crippen LogP contribution in [0.4, 0.5) is 5.69 Å². The molecule has 0 fully saturated rings. The first-order valence-corrected chi connectivity index (χ1v) is 8.00. The van der Waals surface area contributed by atoms with Crippen molar-refractivity contribution >= 4 is 39.8 Å². The Morgan fingerprint density at radius 3 is 2.23 bits per heavy atom. The molecule has 1 heterocycles. The summed E-state index contributed by atoms with van der Waals surface area (Å²) in [6, 6.07) is 18.9. The Hall–Kier alpha value is -3.73. The van der Waals surface area contributed by atoms with Gasteiger partial charge in [-0.3, -0.25) is 14.9 Å². The SMILES string of the molecule is O=c1c2ccccc2oc2cc(C=Cc3ccc([N+](=O)[O-])cc3)ccc12. The molecule has 0 radical (unpaired) electrons. The fraction of sp³-hybridized carbons (Fsp3) is 0. The molecular formula is C21H13NO4. The predicted molar refractivity (Wildman–Crippen MR) is 102 cm³/mol. The van der Waals surface area contributed by atoms with Crippen LogP contribution in [0.3, 0.4) is 0 Å². The first kappa shape index (κ1) is 15.8. The van der Waals surface area contributed by atoms with Crippen LogP contribution in [0.15, 0.2) is 75.9 Å². The average molecular weight is 343 g/mol. The maximum atomic E-state index is 12.5. The summed E-state index contributed by atoms with van der Waals surface area (Å²) in [5.41, 5.74) is 2.81. The molecule has 1 aromatic heterocycles. The van der Waals surface area contributed by atoms with E-state index in [-0.39, 0.29) is 11.1 Å². The van der Waals surface area contributed by atoms with E-state index in [9.17, 15) is 14.9 Å². The number of non-ortho nitro benzene ring substituents is 1. The van der Waals surface area contributed by atoms with Crippen molar-refractivity contribution in [2.75, 3.05) is 0 Å². The Bertz CT molecular complexity index is 1220. The van der Waals surface area contributed by atoms with Gasteiger partial charge >= 0.3 is 0 Å². The second-order valence-electron chi connectivity index (χ2n) is 5.86. The summed E-state index contributed by atoms with van der Waals surface area (Å²) in [5.74, 6) is 0. The largest absolute Gasteiger partial charge is 0.456 e. The molecule has 0 spiro atoms. The lowest BCUT2D eigenvalue weighted by molar-refractivity contribution is -0.384. The van der Waals surface area contributed by atoms with Crippen LogP contribution in [-0.4, -0.2) is 4.92 Å². The molecule has 0 aliphatic heterocycles. The molecular weight excluding hydrogens is 330 g/mol. The molecule has 4 aromatic rings. The van der Waals surface area contributed by atoms with Crippen molar-refractivity contribution in [2.45, 2.75) is 0 Å². The van der Waals surface area contributed by atoms with Crippen LogP contribution in [0.25, 0.3) is 34.1 Å². The first-order chi connectivity index (χ1) is 12.6. The zero-order valence-electron chi connectivity index (χ0n) is 13.6. The molecule has 4 rings (SSSR count). The Morgan fingerprint density at radius 2 is 1.46 bits per heavy atom. The van der Waals surface area contributed by atoms with Crippen molar-refractivity contribution in [1.29, 1.82) is 0 Å². The molecule has 0 atom stereocenters. The van der Waals surface area contributed by atoms with Gasteiger partial charge in [-0.25, -0.2) is 0 Å². The topological polar surface area (TPSA) is 73.3 Å². The van der Waals surface area contributed by atoms with E-state index in [1.165, 1.54) is 12.1 Å². The summed E-state index contributed by atoms with van der Waals surface area (Å²) >= 11 is 0. The number of nitrogens with zero attached hydrogens (tertiary/aromatic N) is 1. The van der Waals surface area contributed by atoms with Gasteiger partial charge in [-0.05, 0) is 47.5 Å². The summed E-state index contributed by atoms with van der Waals surface area (Å²) in [4.78, 5) is 22.8. The number of rotatable bonds is 3. The number of nitro groups is 1. The number of fused-ring (bicyclic) bond motifs is 2. The maximum Gasteiger partial charge on any atom is 0.269 e. The van der Waals surface area contributed by atoms with E-state index < -0.39 is 4.92 Å². The molecule has 0 aliphatic rings. The quantitative estimate of drug-likeness (QED) is 0.226. The minimum atomic E-state index is -0.427. The number of nitro benzene ring substituents is 1. The highest BCUT2D eigenvalue weighted by atomic mass is 16.6. The molecule has 0 amide bonds. The molecule has 5 nitrogen and oxygen atoms in total. The number of benzene rings is 3. The first-order valence-electron chi connectivity index (χ1n) is 8.00. The molecule has 0 bridgehead atoms. The standard InChI is InChI=1S/C21H13NO4/c23-21-17-3-1-2-4-19(17)26-20-13-15(9-12-18(20)21)6-5-14-7-10-16(11-8-14)22(24)25/h1-13H. The third-order valence-corrected chi connectivity index (χ3v) is 4.17. The van der Waals surface area contributed by atoms with Crippen LogP contribution in [0.2, 0.25) is 0 Å². The molecule has 5 heteroatoms. The van der Waals surface area contributed by atoms with Crippen molar-refractivity contribution < 1.29 is 9.34 Å². The maximum absolute atomic E-state index is 12.5. The van der Waals surface area contributed by atoms with E-state index in [1.54, 1.807) is 30.3 Å². The molecule has 3 aromatic carbocycles. The smallest absolute Gasteiger partial charge is 0.269 e. The van der Waals surface area contributed by atoms with Gasteiger partial charge in [0.25, 0.3) is 5.69 Å². The summed E-state index contributed by atoms with van der Waals surface area (Å²) in [6.07, 6.45) is 3.72. The summed E-state index contributed by atoms with van der Waals surface area (Å²) in [5, 5.41) is 11.8. The second kappa shape index (κ2) is 6.29. The van der Waals surface area contributed by atoms with E-state index in [2.05, 4.69) is 0 Å². The molecule has 26 heavy (non-hydrogen) atoms. The van der Waals surface area contributed by atoms with Crippen LogP contribution in [0.5, 0.6) is 0 Å². The van der Waals surface area contributed by atoms with Crippen molar-refractivity contribution in [1.82, 2.24) is 0 Å². The zero-order valence-corrected chi connectivity index (χ0v) is 13.6. The lowest BCUT2D eigenvalue weighted by Gasteiger charge is -2.02. The van der Waals surface area contributed by atoms with Gasteiger partial charge in [-0.2, -0.15) is 0 Å². The van der Waals surface area contributed by atoms with Crippen molar-refractivity contribution in [3.8, 4) is 0 Å². The van der Waals surface area contributed by atoms with E-state index in [0.717, 1.165) is 11.1 Å². The minimum Gasteiger partial charge on any atom is -0.456 e. The van der Waals surface area contributed by atoms with Crippen LogP contribution in [-0.2, 0) is 0 Å². The Kier molecular flexibility index (Phi) is 3.82. The van der Waals surface area contributed by atoms with Crippen molar-refractivity contribution in [2.24, 2.45) is 0 Å². The normalized spacial score (nSPS) is 11.4. The molecule has 0 aliphatic carbocycles. The lowest BCUT2D eigenvalue weighted by atomic mass is 10.1. The Balaban J connectivity index is 1.72. The fourth-order valence-electron chi connectivity index (χ4n) is 2.82. The Morgan fingerprint density at radius 1 is 0.808 bits per heavy atom. The highest BCUT2D eigenvalue weighted by molar-refractivity contribution is 5.90. The number of hydrogen-bond donors (Lipinski definition) is 0. The average Bonchev–Trinajstić information content (AvgIpc) is 2.66.